The molecule has 0 spiro atoms. The number of rotatable bonds is 5. The van der Waals surface area contributed by atoms with E-state index in [0.717, 1.165) is 6.54 Å². The second-order valence-electron chi connectivity index (χ2n) is 5.03. The number of amides is 1. The number of halogens is 1. The number of benzene rings is 1. The summed E-state index contributed by atoms with van der Waals surface area (Å²) >= 11 is 0. The fourth-order valence-corrected chi connectivity index (χ4v) is 1.93. The van der Waals surface area contributed by atoms with E-state index in [1.54, 1.807) is 19.1 Å². The molecule has 0 atom stereocenters. The highest BCUT2D eigenvalue weighted by Crippen LogP contribution is 2.25. The van der Waals surface area contributed by atoms with Crippen molar-refractivity contribution in [3.05, 3.63) is 41.4 Å². The predicted octanol–water partition coefficient (Wildman–Crippen LogP) is 2.08. The van der Waals surface area contributed by atoms with Gasteiger partial charge in [-0.25, -0.2) is 4.39 Å². The largest absolute Gasteiger partial charge is 0.360 e. The van der Waals surface area contributed by atoms with E-state index < -0.39 is 0 Å². The van der Waals surface area contributed by atoms with Crippen LogP contribution in [0.3, 0.4) is 0 Å². The zero-order valence-corrected chi connectivity index (χ0v) is 12.3. The third-order valence-electron chi connectivity index (χ3n) is 3.05. The van der Waals surface area contributed by atoms with Gasteiger partial charge in [0.15, 0.2) is 0 Å². The van der Waals surface area contributed by atoms with Crippen molar-refractivity contribution >= 4 is 5.91 Å². The number of aromatic nitrogens is 1. The van der Waals surface area contributed by atoms with E-state index in [1.165, 1.54) is 12.1 Å². The summed E-state index contributed by atoms with van der Waals surface area (Å²) in [6.45, 7) is 2.95. The molecule has 6 heteroatoms. The number of carbonyl (C=O) groups excluding carboxylic acids is 1. The Labute approximate surface area is 122 Å². The molecule has 5 nitrogen and oxygen atoms in total. The van der Waals surface area contributed by atoms with Crippen LogP contribution in [0.15, 0.2) is 28.8 Å². The molecular weight excluding hydrogens is 273 g/mol. The van der Waals surface area contributed by atoms with Crippen LogP contribution in [0.25, 0.3) is 11.3 Å². The highest BCUT2D eigenvalue weighted by Gasteiger charge is 2.21. The molecule has 1 aromatic heterocycles. The first-order valence-corrected chi connectivity index (χ1v) is 6.64. The molecule has 2 aromatic rings. The van der Waals surface area contributed by atoms with Crippen molar-refractivity contribution in [3.8, 4) is 11.3 Å². The first kappa shape index (κ1) is 15.2. The maximum absolute atomic E-state index is 13.0. The fraction of sp³-hybridized carbons (Fsp3) is 0.333. The summed E-state index contributed by atoms with van der Waals surface area (Å²) in [5, 5.41) is 6.74. The molecule has 21 heavy (non-hydrogen) atoms. The van der Waals surface area contributed by atoms with Gasteiger partial charge >= 0.3 is 0 Å². The first-order chi connectivity index (χ1) is 9.99. The standard InChI is InChI=1S/C15H18FN3O2/c1-10-13(15(20)17-8-9-19(2)3)14(18-21-10)11-4-6-12(16)7-5-11/h4-7H,8-9H2,1-3H3,(H,17,20). The van der Waals surface area contributed by atoms with Crippen LogP contribution in [0.2, 0.25) is 0 Å². The lowest BCUT2D eigenvalue weighted by molar-refractivity contribution is 0.0950. The molecule has 1 amide bonds. The number of aryl methyl sites for hydroxylation is 1. The van der Waals surface area contributed by atoms with Gasteiger partial charge in [0.25, 0.3) is 5.91 Å². The van der Waals surface area contributed by atoms with Gasteiger partial charge in [-0.05, 0) is 45.3 Å². The number of carbonyl (C=O) groups is 1. The van der Waals surface area contributed by atoms with Crippen LogP contribution < -0.4 is 5.32 Å². The molecule has 2 rings (SSSR count). The number of nitrogens with zero attached hydrogens (tertiary/aromatic N) is 2. The minimum Gasteiger partial charge on any atom is -0.360 e. The molecule has 0 aliphatic rings. The van der Waals surface area contributed by atoms with Crippen molar-refractivity contribution in [2.45, 2.75) is 6.92 Å². The fourth-order valence-electron chi connectivity index (χ4n) is 1.93. The van der Waals surface area contributed by atoms with E-state index in [2.05, 4.69) is 10.5 Å². The lowest BCUT2D eigenvalue weighted by atomic mass is 10.1. The van der Waals surface area contributed by atoms with Gasteiger partial charge in [-0.3, -0.25) is 4.79 Å². The lowest BCUT2D eigenvalue weighted by Crippen LogP contribution is -2.31. The number of hydrogen-bond acceptors (Lipinski definition) is 4. The van der Waals surface area contributed by atoms with Gasteiger partial charge in [0, 0.05) is 18.7 Å². The van der Waals surface area contributed by atoms with Gasteiger partial charge in [-0.1, -0.05) is 5.16 Å². The summed E-state index contributed by atoms with van der Waals surface area (Å²) in [7, 11) is 3.86. The Hall–Kier alpha value is -2.21. The highest BCUT2D eigenvalue weighted by atomic mass is 19.1. The molecule has 1 heterocycles. The van der Waals surface area contributed by atoms with Gasteiger partial charge < -0.3 is 14.7 Å². The molecule has 0 aliphatic carbocycles. The Morgan fingerprint density at radius 2 is 2.00 bits per heavy atom. The number of nitrogens with one attached hydrogen (secondary N) is 1. The molecule has 1 N–H and O–H groups in total. The first-order valence-electron chi connectivity index (χ1n) is 6.64. The minimum absolute atomic E-state index is 0.241. The smallest absolute Gasteiger partial charge is 0.257 e. The van der Waals surface area contributed by atoms with Gasteiger partial charge in [0.05, 0.1) is 0 Å². The van der Waals surface area contributed by atoms with Crippen LogP contribution in [-0.2, 0) is 0 Å². The van der Waals surface area contributed by atoms with E-state index in [4.69, 9.17) is 4.52 Å². The summed E-state index contributed by atoms with van der Waals surface area (Å²) in [6.07, 6.45) is 0. The molecule has 0 fully saturated rings. The average molecular weight is 291 g/mol. The zero-order chi connectivity index (χ0) is 15.4. The van der Waals surface area contributed by atoms with Gasteiger partial charge in [0.2, 0.25) is 0 Å². The van der Waals surface area contributed by atoms with Crippen LogP contribution in [0.1, 0.15) is 16.1 Å². The molecule has 0 saturated heterocycles. The maximum Gasteiger partial charge on any atom is 0.257 e. The molecule has 0 bridgehead atoms. The third-order valence-corrected chi connectivity index (χ3v) is 3.05. The quantitative estimate of drug-likeness (QED) is 0.916. The van der Waals surface area contributed by atoms with Crippen molar-refractivity contribution in [2.75, 3.05) is 27.2 Å². The van der Waals surface area contributed by atoms with Gasteiger partial charge in [-0.2, -0.15) is 0 Å². The van der Waals surface area contributed by atoms with Gasteiger partial charge in [-0.15, -0.1) is 0 Å². The summed E-state index contributed by atoms with van der Waals surface area (Å²) in [5.74, 6) is -0.137. The molecule has 0 aliphatic heterocycles. The van der Waals surface area contributed by atoms with Crippen LogP contribution in [0.4, 0.5) is 4.39 Å². The molecular formula is C15H18FN3O2. The van der Waals surface area contributed by atoms with Crippen molar-refractivity contribution in [1.82, 2.24) is 15.4 Å². The molecule has 0 radical (unpaired) electrons. The lowest BCUT2D eigenvalue weighted by Gasteiger charge is -2.10. The molecule has 0 unspecified atom stereocenters. The Morgan fingerprint density at radius 1 is 1.33 bits per heavy atom. The topological polar surface area (TPSA) is 58.4 Å². The summed E-state index contributed by atoms with van der Waals surface area (Å²) < 4.78 is 18.1. The average Bonchev–Trinajstić information content (AvgIpc) is 2.81. The van der Waals surface area contributed by atoms with E-state index in [1.807, 2.05) is 19.0 Å². The Morgan fingerprint density at radius 3 is 2.62 bits per heavy atom. The molecule has 1 aromatic carbocycles. The Kier molecular flexibility index (Phi) is 4.70. The third kappa shape index (κ3) is 3.66. The van der Waals surface area contributed by atoms with E-state index in [0.29, 0.717) is 29.1 Å². The molecule has 112 valence electrons. The van der Waals surface area contributed by atoms with Crippen LogP contribution in [0.5, 0.6) is 0 Å². The maximum atomic E-state index is 13.0. The Bertz CT molecular complexity index is 620. The summed E-state index contributed by atoms with van der Waals surface area (Å²) in [5.41, 5.74) is 1.46. The van der Waals surface area contributed by atoms with Crippen LogP contribution >= 0.6 is 0 Å². The summed E-state index contributed by atoms with van der Waals surface area (Å²) in [6, 6.07) is 5.80. The predicted molar refractivity (Wildman–Crippen MR) is 77.5 cm³/mol. The van der Waals surface area contributed by atoms with Crippen molar-refractivity contribution in [3.63, 3.8) is 0 Å². The van der Waals surface area contributed by atoms with Gasteiger partial charge in [0.1, 0.15) is 22.8 Å². The minimum atomic E-state index is -0.337. The van der Waals surface area contributed by atoms with Crippen LogP contribution in [0, 0.1) is 12.7 Å². The zero-order valence-electron chi connectivity index (χ0n) is 12.3. The normalized spacial score (nSPS) is 10.9. The van der Waals surface area contributed by atoms with Crippen molar-refractivity contribution in [2.24, 2.45) is 0 Å². The van der Waals surface area contributed by atoms with E-state index in [9.17, 15) is 9.18 Å². The van der Waals surface area contributed by atoms with E-state index in [-0.39, 0.29) is 11.7 Å². The molecule has 0 saturated carbocycles. The van der Waals surface area contributed by atoms with Crippen molar-refractivity contribution < 1.29 is 13.7 Å². The highest BCUT2D eigenvalue weighted by molar-refractivity contribution is 6.00. The SMILES string of the molecule is Cc1onc(-c2ccc(F)cc2)c1C(=O)NCCN(C)C. The van der Waals surface area contributed by atoms with E-state index >= 15 is 0 Å². The number of hydrogen-bond donors (Lipinski definition) is 1. The van der Waals surface area contributed by atoms with Crippen molar-refractivity contribution in [1.29, 1.82) is 0 Å². The Balaban J connectivity index is 2.21. The second-order valence-corrected chi connectivity index (χ2v) is 5.03. The monoisotopic (exact) mass is 291 g/mol. The van der Waals surface area contributed by atoms with Crippen LogP contribution in [-0.4, -0.2) is 43.1 Å². The summed E-state index contributed by atoms with van der Waals surface area (Å²) in [4.78, 5) is 14.2. The number of likely N-dealkylation sites (N-methyl/N-ethyl adjacent to an activating group) is 1. The second kappa shape index (κ2) is 6.49.